The Morgan fingerprint density at radius 1 is 1.12 bits per heavy atom. The largest absolute Gasteiger partial charge is 0.493 e. The van der Waals surface area contributed by atoms with Gasteiger partial charge < -0.3 is 14.2 Å². The van der Waals surface area contributed by atoms with Crippen molar-refractivity contribution in [1.82, 2.24) is 4.90 Å². The number of carbonyl (C=O) groups excluding carboxylic acids is 2. The fourth-order valence-corrected chi connectivity index (χ4v) is 7.40. The lowest BCUT2D eigenvalue weighted by Gasteiger charge is -2.56. The van der Waals surface area contributed by atoms with Crippen LogP contribution in [-0.4, -0.2) is 49.9 Å². The van der Waals surface area contributed by atoms with E-state index in [1.165, 1.54) is 56.6 Å². The van der Waals surface area contributed by atoms with Gasteiger partial charge in [0.1, 0.15) is 18.3 Å². The molecule has 1 amide bonds. The van der Waals surface area contributed by atoms with E-state index in [-0.39, 0.29) is 24.3 Å². The van der Waals surface area contributed by atoms with Crippen molar-refractivity contribution < 1.29 is 28.2 Å². The molecule has 4 bridgehead atoms. The van der Waals surface area contributed by atoms with Crippen molar-refractivity contribution in [2.45, 2.75) is 63.3 Å². The smallest absolute Gasteiger partial charge is 0.331 e. The molecule has 1 aromatic carbocycles. The fraction of sp³-hybridized carbons (Fsp3) is 0.692. The highest BCUT2D eigenvalue weighted by Gasteiger charge is 2.51. The van der Waals surface area contributed by atoms with Crippen LogP contribution in [0.2, 0.25) is 0 Å². The predicted molar refractivity (Wildman–Crippen MR) is 117 cm³/mol. The van der Waals surface area contributed by atoms with Crippen LogP contribution in [0.1, 0.15) is 73.2 Å². The molecule has 5 saturated carbocycles. The van der Waals surface area contributed by atoms with Crippen LogP contribution in [0.4, 0.5) is 4.39 Å². The molecular weight excluding hydrogens is 425 g/mol. The number of rotatable bonds is 6. The molecule has 5 aliphatic carbocycles. The molecule has 1 atom stereocenters. The van der Waals surface area contributed by atoms with Crippen LogP contribution in [0.3, 0.4) is 0 Å². The van der Waals surface area contributed by atoms with Gasteiger partial charge in [0.05, 0.1) is 25.9 Å². The SMILES string of the molecule is COC(=O)[C@@H]1COCN1C(=O)c1cc(C2CC2)c(OCC23CC4CC(CC(C4)C2)C3)cc1F. The second kappa shape index (κ2) is 7.97. The van der Waals surface area contributed by atoms with Gasteiger partial charge in [-0.15, -0.1) is 0 Å². The maximum absolute atomic E-state index is 15.2. The van der Waals surface area contributed by atoms with E-state index in [9.17, 15) is 9.59 Å². The Hall–Kier alpha value is -2.15. The second-order valence-electron chi connectivity index (χ2n) is 11.2. The number of carbonyl (C=O) groups is 2. The van der Waals surface area contributed by atoms with Gasteiger partial charge in [-0.2, -0.15) is 0 Å². The summed E-state index contributed by atoms with van der Waals surface area (Å²) in [6.45, 7) is 0.649. The molecule has 0 spiro atoms. The molecule has 6 fully saturated rings. The Kier molecular flexibility index (Phi) is 5.16. The minimum atomic E-state index is -0.849. The molecular formula is C26H32FNO5. The van der Waals surface area contributed by atoms with Crippen molar-refractivity contribution >= 4 is 11.9 Å². The van der Waals surface area contributed by atoms with E-state index in [0.717, 1.165) is 36.2 Å². The molecule has 1 saturated heterocycles. The second-order valence-corrected chi connectivity index (χ2v) is 11.2. The topological polar surface area (TPSA) is 65.1 Å². The Morgan fingerprint density at radius 3 is 2.39 bits per heavy atom. The van der Waals surface area contributed by atoms with Crippen molar-refractivity contribution in [2.75, 3.05) is 27.1 Å². The monoisotopic (exact) mass is 457 g/mol. The molecule has 6 nitrogen and oxygen atoms in total. The van der Waals surface area contributed by atoms with Gasteiger partial charge in [-0.1, -0.05) is 0 Å². The summed E-state index contributed by atoms with van der Waals surface area (Å²) in [6.07, 6.45) is 9.89. The molecule has 0 unspecified atom stereocenters. The third kappa shape index (κ3) is 3.82. The summed E-state index contributed by atoms with van der Waals surface area (Å²) in [7, 11) is 1.27. The van der Waals surface area contributed by atoms with Gasteiger partial charge in [0.25, 0.3) is 5.91 Å². The highest BCUT2D eigenvalue weighted by Crippen LogP contribution is 2.60. The molecule has 0 radical (unpaired) electrons. The molecule has 1 aromatic rings. The minimum absolute atomic E-state index is 0.0292. The highest BCUT2D eigenvalue weighted by atomic mass is 19.1. The Morgan fingerprint density at radius 2 is 1.79 bits per heavy atom. The average Bonchev–Trinajstić information content (AvgIpc) is 3.51. The predicted octanol–water partition coefficient (Wildman–Crippen LogP) is 4.27. The first-order chi connectivity index (χ1) is 15.9. The summed E-state index contributed by atoms with van der Waals surface area (Å²) in [6, 6.07) is 2.20. The lowest BCUT2D eigenvalue weighted by molar-refractivity contribution is -0.144. The standard InChI is InChI=1S/C26H32FNO5/c1-31-25(30)22-12-32-14-28(22)24(29)20-7-19(18-2-3-18)23(8-21(20)27)33-13-26-9-15-4-16(10-26)6-17(5-15)11-26/h7-8,15-18,22H,2-6,9-14H2,1H3/t15?,16?,17?,22-,26?/m0/s1. The van der Waals surface area contributed by atoms with E-state index < -0.39 is 23.7 Å². The van der Waals surface area contributed by atoms with E-state index in [2.05, 4.69) is 0 Å². The molecule has 7 rings (SSSR count). The summed E-state index contributed by atoms with van der Waals surface area (Å²) < 4.78 is 31.7. The summed E-state index contributed by atoms with van der Waals surface area (Å²) in [5, 5.41) is 0. The molecule has 6 aliphatic rings. The molecule has 1 heterocycles. The molecule has 7 heteroatoms. The Bertz CT molecular complexity index is 938. The van der Waals surface area contributed by atoms with Gasteiger partial charge in [-0.3, -0.25) is 9.69 Å². The van der Waals surface area contributed by atoms with Crippen LogP contribution in [0.25, 0.3) is 0 Å². The van der Waals surface area contributed by atoms with Crippen LogP contribution in [0.15, 0.2) is 12.1 Å². The summed E-state index contributed by atoms with van der Waals surface area (Å²) in [4.78, 5) is 26.4. The van der Waals surface area contributed by atoms with Crippen molar-refractivity contribution in [3.63, 3.8) is 0 Å². The number of amides is 1. The van der Waals surface area contributed by atoms with Crippen LogP contribution >= 0.6 is 0 Å². The van der Waals surface area contributed by atoms with Gasteiger partial charge >= 0.3 is 5.97 Å². The van der Waals surface area contributed by atoms with Gasteiger partial charge in [-0.05, 0) is 86.7 Å². The molecule has 0 N–H and O–H groups in total. The molecule has 1 aliphatic heterocycles. The van der Waals surface area contributed by atoms with Crippen molar-refractivity contribution in [3.8, 4) is 5.75 Å². The van der Waals surface area contributed by atoms with Crippen molar-refractivity contribution in [2.24, 2.45) is 23.2 Å². The Labute approximate surface area is 193 Å². The molecule has 33 heavy (non-hydrogen) atoms. The number of benzene rings is 1. The number of halogens is 1. The lowest BCUT2D eigenvalue weighted by atomic mass is 9.50. The van der Waals surface area contributed by atoms with Crippen LogP contribution in [-0.2, 0) is 14.3 Å². The van der Waals surface area contributed by atoms with Crippen molar-refractivity contribution in [1.29, 1.82) is 0 Å². The number of nitrogens with zero attached hydrogens (tertiary/aromatic N) is 1. The van der Waals surface area contributed by atoms with E-state index in [1.807, 2.05) is 0 Å². The number of hydrogen-bond donors (Lipinski definition) is 0. The normalized spacial score (nSPS) is 34.5. The molecule has 178 valence electrons. The van der Waals surface area contributed by atoms with Crippen molar-refractivity contribution in [3.05, 3.63) is 29.1 Å². The zero-order chi connectivity index (χ0) is 22.7. The first-order valence-corrected chi connectivity index (χ1v) is 12.4. The van der Waals surface area contributed by atoms with E-state index >= 15 is 4.39 Å². The lowest BCUT2D eigenvalue weighted by Crippen LogP contribution is -2.48. The van der Waals surface area contributed by atoms with Crippen LogP contribution in [0, 0.1) is 29.0 Å². The van der Waals surface area contributed by atoms with E-state index in [4.69, 9.17) is 14.2 Å². The zero-order valence-electron chi connectivity index (χ0n) is 19.2. The minimum Gasteiger partial charge on any atom is -0.493 e. The zero-order valence-corrected chi connectivity index (χ0v) is 19.2. The third-order valence-corrected chi connectivity index (χ3v) is 8.66. The highest BCUT2D eigenvalue weighted by molar-refractivity contribution is 5.97. The number of methoxy groups -OCH3 is 1. The quantitative estimate of drug-likeness (QED) is 0.597. The first kappa shape index (κ1) is 21.4. The number of ether oxygens (including phenoxy) is 3. The third-order valence-electron chi connectivity index (χ3n) is 8.66. The van der Waals surface area contributed by atoms with Gasteiger partial charge in [0.15, 0.2) is 6.04 Å². The van der Waals surface area contributed by atoms with E-state index in [1.54, 1.807) is 6.07 Å². The van der Waals surface area contributed by atoms with Gasteiger partial charge in [0, 0.05) is 11.5 Å². The van der Waals surface area contributed by atoms with Crippen LogP contribution < -0.4 is 4.74 Å². The fourth-order valence-electron chi connectivity index (χ4n) is 7.40. The van der Waals surface area contributed by atoms with Gasteiger partial charge in [0.2, 0.25) is 0 Å². The maximum atomic E-state index is 15.2. The van der Waals surface area contributed by atoms with Crippen LogP contribution in [0.5, 0.6) is 5.75 Å². The Balaban J connectivity index is 1.23. The number of esters is 1. The number of hydrogen-bond acceptors (Lipinski definition) is 5. The summed E-state index contributed by atoms with van der Waals surface area (Å²) >= 11 is 0. The van der Waals surface area contributed by atoms with Gasteiger partial charge in [-0.25, -0.2) is 9.18 Å². The summed E-state index contributed by atoms with van der Waals surface area (Å²) in [5.74, 6) is 1.69. The first-order valence-electron chi connectivity index (χ1n) is 12.4. The van der Waals surface area contributed by atoms with E-state index in [0.29, 0.717) is 18.3 Å². The average molecular weight is 458 g/mol. The summed E-state index contributed by atoms with van der Waals surface area (Å²) in [5.41, 5.74) is 1.12. The maximum Gasteiger partial charge on any atom is 0.331 e. The molecule has 0 aromatic heterocycles.